The highest BCUT2D eigenvalue weighted by Gasteiger charge is 2.13. The summed E-state index contributed by atoms with van der Waals surface area (Å²) in [7, 11) is -1.60. The lowest BCUT2D eigenvalue weighted by Crippen LogP contribution is -2.16. The Morgan fingerprint density at radius 1 is 1.19 bits per heavy atom. The Labute approximate surface area is 125 Å². The molecule has 2 N–H and O–H groups in total. The number of rotatable bonds is 6. The van der Waals surface area contributed by atoms with Crippen molar-refractivity contribution in [2.24, 2.45) is 0 Å². The fraction of sp³-hybridized carbons (Fsp3) is 0.267. The predicted octanol–water partition coefficient (Wildman–Crippen LogP) is 2.05. The van der Waals surface area contributed by atoms with Crippen LogP contribution in [0, 0.1) is 6.92 Å². The van der Waals surface area contributed by atoms with Crippen molar-refractivity contribution in [3.63, 3.8) is 0 Å². The van der Waals surface area contributed by atoms with Gasteiger partial charge in [0.25, 0.3) is 0 Å². The third-order valence-corrected chi connectivity index (χ3v) is 4.28. The summed E-state index contributed by atoms with van der Waals surface area (Å²) in [6, 6.07) is 9.31. The molecule has 2 aromatic rings. The van der Waals surface area contributed by atoms with Crippen LogP contribution in [-0.4, -0.2) is 20.4 Å². The molecule has 5 nitrogen and oxygen atoms in total. The zero-order chi connectivity index (χ0) is 15.3. The van der Waals surface area contributed by atoms with Crippen LogP contribution in [0.2, 0.25) is 0 Å². The molecule has 1 aromatic carbocycles. The number of aryl methyl sites for hydroxylation is 1. The van der Waals surface area contributed by atoms with Gasteiger partial charge in [0.05, 0.1) is 17.6 Å². The summed E-state index contributed by atoms with van der Waals surface area (Å²) in [5.74, 6) is -0.0567. The Balaban J connectivity index is 2.14. The average molecular weight is 305 g/mol. The lowest BCUT2D eigenvalue weighted by molar-refractivity contribution is 0.600. The van der Waals surface area contributed by atoms with Crippen LogP contribution in [0.3, 0.4) is 0 Å². The zero-order valence-electron chi connectivity index (χ0n) is 12.1. The van der Waals surface area contributed by atoms with Crippen molar-refractivity contribution in [2.75, 3.05) is 11.8 Å². The molecule has 0 fully saturated rings. The van der Waals surface area contributed by atoms with Crippen LogP contribution >= 0.6 is 0 Å². The summed E-state index contributed by atoms with van der Waals surface area (Å²) in [6.07, 6.45) is 3.15. The summed E-state index contributed by atoms with van der Waals surface area (Å²) in [5.41, 5.74) is 3.18. The van der Waals surface area contributed by atoms with E-state index in [1.54, 1.807) is 12.3 Å². The fourth-order valence-corrected chi connectivity index (χ4v) is 3.27. The summed E-state index contributed by atoms with van der Waals surface area (Å²) in [6.45, 7) is 2.55. The topological polar surface area (TPSA) is 71.1 Å². The second kappa shape index (κ2) is 6.69. The third-order valence-electron chi connectivity index (χ3n) is 3.03. The number of nitrogens with one attached hydrogen (secondary N) is 2. The molecule has 0 aliphatic carbocycles. The van der Waals surface area contributed by atoms with Gasteiger partial charge < -0.3 is 5.32 Å². The first-order valence-electron chi connectivity index (χ1n) is 6.64. The Morgan fingerprint density at radius 2 is 1.95 bits per heavy atom. The van der Waals surface area contributed by atoms with E-state index in [0.717, 1.165) is 16.7 Å². The van der Waals surface area contributed by atoms with E-state index >= 15 is 0 Å². The monoisotopic (exact) mass is 305 g/mol. The Kier molecular flexibility index (Phi) is 4.93. The molecule has 1 aromatic heterocycles. The standard InChI is InChI=1S/C15H19N3O2S/c1-12-6-7-17-10-15(12)18-21(19,20)11-14-5-3-4-13(8-14)9-16-2/h3-8,10,16,18H,9,11H2,1-2H3. The van der Waals surface area contributed by atoms with Gasteiger partial charge in [-0.1, -0.05) is 24.3 Å². The normalized spacial score (nSPS) is 11.3. The van der Waals surface area contributed by atoms with E-state index < -0.39 is 10.0 Å². The number of nitrogens with zero attached hydrogens (tertiary/aromatic N) is 1. The first-order valence-corrected chi connectivity index (χ1v) is 8.29. The average Bonchev–Trinajstić information content (AvgIpc) is 2.41. The smallest absolute Gasteiger partial charge is 0.236 e. The van der Waals surface area contributed by atoms with E-state index in [1.807, 2.05) is 38.2 Å². The predicted molar refractivity (Wildman–Crippen MR) is 84.4 cm³/mol. The molecule has 0 saturated heterocycles. The molecule has 0 unspecified atom stereocenters. The SMILES string of the molecule is CNCc1cccc(CS(=O)(=O)Nc2cnccc2C)c1. The highest BCUT2D eigenvalue weighted by atomic mass is 32.2. The van der Waals surface area contributed by atoms with Crippen molar-refractivity contribution in [1.29, 1.82) is 0 Å². The first kappa shape index (κ1) is 15.5. The molecule has 0 amide bonds. The van der Waals surface area contributed by atoms with Gasteiger partial charge in [0.1, 0.15) is 0 Å². The molecule has 0 radical (unpaired) electrons. The molecule has 6 heteroatoms. The number of anilines is 1. The minimum Gasteiger partial charge on any atom is -0.316 e. The van der Waals surface area contributed by atoms with E-state index in [0.29, 0.717) is 12.2 Å². The van der Waals surface area contributed by atoms with Gasteiger partial charge >= 0.3 is 0 Å². The van der Waals surface area contributed by atoms with Gasteiger partial charge in [-0.2, -0.15) is 0 Å². The van der Waals surface area contributed by atoms with Crippen LogP contribution in [0.15, 0.2) is 42.7 Å². The van der Waals surface area contributed by atoms with Crippen LogP contribution in [-0.2, 0) is 22.3 Å². The third kappa shape index (κ3) is 4.54. The lowest BCUT2D eigenvalue weighted by atomic mass is 10.1. The number of benzene rings is 1. The second-order valence-corrected chi connectivity index (χ2v) is 6.62. The van der Waals surface area contributed by atoms with Gasteiger partial charge in [-0.25, -0.2) is 8.42 Å². The van der Waals surface area contributed by atoms with E-state index in [9.17, 15) is 8.42 Å². The van der Waals surface area contributed by atoms with Gasteiger partial charge in [0, 0.05) is 12.7 Å². The van der Waals surface area contributed by atoms with Gasteiger partial charge in [-0.05, 0) is 36.7 Å². The van der Waals surface area contributed by atoms with Crippen LogP contribution in [0.25, 0.3) is 0 Å². The molecule has 112 valence electrons. The van der Waals surface area contributed by atoms with Crippen molar-refractivity contribution in [1.82, 2.24) is 10.3 Å². The maximum Gasteiger partial charge on any atom is 0.236 e. The summed E-state index contributed by atoms with van der Waals surface area (Å²) >= 11 is 0. The van der Waals surface area contributed by atoms with Gasteiger partial charge in [0.2, 0.25) is 10.0 Å². The number of hydrogen-bond donors (Lipinski definition) is 2. The Hall–Kier alpha value is -1.92. The summed E-state index contributed by atoms with van der Waals surface area (Å²) < 4.78 is 27.1. The minimum atomic E-state index is -3.45. The van der Waals surface area contributed by atoms with Gasteiger partial charge in [0.15, 0.2) is 0 Å². The highest BCUT2D eigenvalue weighted by molar-refractivity contribution is 7.91. The van der Waals surface area contributed by atoms with E-state index in [2.05, 4.69) is 15.0 Å². The zero-order valence-corrected chi connectivity index (χ0v) is 12.9. The van der Waals surface area contributed by atoms with Crippen molar-refractivity contribution < 1.29 is 8.42 Å². The molecule has 1 heterocycles. The Bertz CT molecular complexity index is 714. The lowest BCUT2D eigenvalue weighted by Gasteiger charge is -2.10. The van der Waals surface area contributed by atoms with Crippen molar-refractivity contribution in [3.8, 4) is 0 Å². The van der Waals surface area contributed by atoms with Crippen molar-refractivity contribution >= 4 is 15.7 Å². The molecule has 0 bridgehead atoms. The fourth-order valence-electron chi connectivity index (χ4n) is 2.03. The van der Waals surface area contributed by atoms with E-state index in [1.165, 1.54) is 6.20 Å². The summed E-state index contributed by atoms with van der Waals surface area (Å²) in [5, 5.41) is 3.05. The van der Waals surface area contributed by atoms with E-state index in [4.69, 9.17) is 0 Å². The number of aromatic nitrogens is 1. The molecular formula is C15H19N3O2S. The maximum absolute atomic E-state index is 12.2. The van der Waals surface area contributed by atoms with Gasteiger partial charge in [-0.3, -0.25) is 9.71 Å². The van der Waals surface area contributed by atoms with Crippen LogP contribution in [0.5, 0.6) is 0 Å². The number of sulfonamides is 1. The molecule has 2 rings (SSSR count). The molecule has 0 saturated carbocycles. The first-order chi connectivity index (χ1) is 10.00. The van der Waals surface area contributed by atoms with Crippen LogP contribution in [0.1, 0.15) is 16.7 Å². The molecular weight excluding hydrogens is 286 g/mol. The quantitative estimate of drug-likeness (QED) is 0.857. The second-order valence-electron chi connectivity index (χ2n) is 4.90. The van der Waals surface area contributed by atoms with Crippen molar-refractivity contribution in [2.45, 2.75) is 19.2 Å². The Morgan fingerprint density at radius 3 is 2.67 bits per heavy atom. The maximum atomic E-state index is 12.2. The molecule has 0 aliphatic heterocycles. The largest absolute Gasteiger partial charge is 0.316 e. The minimum absolute atomic E-state index is 0.0567. The molecule has 0 aliphatic rings. The molecule has 0 atom stereocenters. The highest BCUT2D eigenvalue weighted by Crippen LogP contribution is 2.16. The number of hydrogen-bond acceptors (Lipinski definition) is 4. The van der Waals surface area contributed by atoms with E-state index in [-0.39, 0.29) is 5.75 Å². The van der Waals surface area contributed by atoms with Crippen LogP contribution in [0.4, 0.5) is 5.69 Å². The van der Waals surface area contributed by atoms with Crippen LogP contribution < -0.4 is 10.0 Å². The van der Waals surface area contributed by atoms with Crippen molar-refractivity contribution in [3.05, 3.63) is 59.4 Å². The van der Waals surface area contributed by atoms with Gasteiger partial charge in [-0.15, -0.1) is 0 Å². The molecule has 0 spiro atoms. The summed E-state index contributed by atoms with van der Waals surface area (Å²) in [4.78, 5) is 3.94. The molecule has 21 heavy (non-hydrogen) atoms. The number of pyridine rings is 1.